The van der Waals surface area contributed by atoms with Crippen molar-refractivity contribution in [2.24, 2.45) is 0 Å². The number of rotatable bonds is 4. The van der Waals surface area contributed by atoms with Gasteiger partial charge in [0.25, 0.3) is 0 Å². The Hall–Kier alpha value is -1.82. The van der Waals surface area contributed by atoms with Crippen molar-refractivity contribution in [1.29, 1.82) is 0 Å². The Balaban J connectivity index is 2.09. The second-order valence-corrected chi connectivity index (χ2v) is 4.09. The molecule has 2 aromatic carbocycles. The molecule has 0 spiro atoms. The van der Waals surface area contributed by atoms with Crippen molar-refractivity contribution in [3.63, 3.8) is 0 Å². The minimum Gasteiger partial charge on any atom is -0.0836 e. The van der Waals surface area contributed by atoms with Crippen LogP contribution in [0.15, 0.2) is 60.7 Å². The summed E-state index contributed by atoms with van der Waals surface area (Å²) in [7, 11) is 0. The number of benzene rings is 2. The standard InChI is InChI=1S/C17H17/c1-2-8-16-11-6-7-12-17(16)14-13-15-9-4-3-5-10-15/h2-12H,1,13-14H2/b8-2+. The van der Waals surface area contributed by atoms with Crippen LogP contribution in [-0.4, -0.2) is 0 Å². The fraction of sp³-hybridized carbons (Fsp3) is 0.118. The van der Waals surface area contributed by atoms with Crippen LogP contribution in [0.25, 0.3) is 6.08 Å². The fourth-order valence-corrected chi connectivity index (χ4v) is 1.98. The zero-order chi connectivity index (χ0) is 11.9. The van der Waals surface area contributed by atoms with Crippen molar-refractivity contribution in [2.75, 3.05) is 0 Å². The highest BCUT2D eigenvalue weighted by molar-refractivity contribution is 5.54. The molecule has 0 aliphatic rings. The van der Waals surface area contributed by atoms with Crippen molar-refractivity contribution in [1.82, 2.24) is 0 Å². The smallest absolute Gasteiger partial charge is 0.0228 e. The highest BCUT2D eigenvalue weighted by Crippen LogP contribution is 2.14. The summed E-state index contributed by atoms with van der Waals surface area (Å²) in [4.78, 5) is 0. The molecule has 0 unspecified atom stereocenters. The van der Waals surface area contributed by atoms with E-state index in [0.29, 0.717) is 0 Å². The average Bonchev–Trinajstić information content (AvgIpc) is 2.39. The molecule has 2 aromatic rings. The monoisotopic (exact) mass is 221 g/mol. The van der Waals surface area contributed by atoms with Crippen LogP contribution >= 0.6 is 0 Å². The van der Waals surface area contributed by atoms with Gasteiger partial charge in [-0.3, -0.25) is 0 Å². The highest BCUT2D eigenvalue weighted by Gasteiger charge is 1.99. The lowest BCUT2D eigenvalue weighted by Crippen LogP contribution is -1.93. The molecule has 0 aliphatic heterocycles. The molecule has 2 rings (SSSR count). The molecule has 0 fully saturated rings. The van der Waals surface area contributed by atoms with Gasteiger partial charge in [-0.05, 0) is 36.5 Å². The summed E-state index contributed by atoms with van der Waals surface area (Å²) in [6.45, 7) is 3.76. The Kier molecular flexibility index (Phi) is 4.15. The molecule has 0 amide bonds. The molecule has 0 saturated carbocycles. The molecule has 0 nitrogen and oxygen atoms in total. The largest absolute Gasteiger partial charge is 0.0836 e. The maximum Gasteiger partial charge on any atom is -0.0228 e. The predicted octanol–water partition coefficient (Wildman–Crippen LogP) is 4.32. The van der Waals surface area contributed by atoms with Gasteiger partial charge in [-0.15, -0.1) is 0 Å². The van der Waals surface area contributed by atoms with E-state index in [-0.39, 0.29) is 0 Å². The summed E-state index contributed by atoms with van der Waals surface area (Å²) in [6, 6.07) is 19.1. The molecular weight excluding hydrogens is 204 g/mol. The lowest BCUT2D eigenvalue weighted by molar-refractivity contribution is 0.957. The number of allylic oxidation sites excluding steroid dienone is 1. The summed E-state index contributed by atoms with van der Waals surface area (Å²) < 4.78 is 0. The highest BCUT2D eigenvalue weighted by atomic mass is 14.0. The number of aryl methyl sites for hydroxylation is 2. The summed E-state index contributed by atoms with van der Waals surface area (Å²) in [5.41, 5.74) is 4.05. The van der Waals surface area contributed by atoms with Crippen LogP contribution in [0.4, 0.5) is 0 Å². The van der Waals surface area contributed by atoms with Crippen LogP contribution in [-0.2, 0) is 12.8 Å². The van der Waals surface area contributed by atoms with Gasteiger partial charge in [0.2, 0.25) is 0 Å². The topological polar surface area (TPSA) is 0 Å². The molecular formula is C17H17. The minimum absolute atomic E-state index is 1.07. The Labute approximate surface area is 104 Å². The number of hydrogen-bond acceptors (Lipinski definition) is 0. The zero-order valence-corrected chi connectivity index (χ0v) is 9.97. The van der Waals surface area contributed by atoms with Crippen molar-refractivity contribution in [3.8, 4) is 0 Å². The van der Waals surface area contributed by atoms with Crippen molar-refractivity contribution >= 4 is 6.08 Å². The normalized spacial score (nSPS) is 10.9. The minimum atomic E-state index is 1.07. The molecule has 0 aromatic heterocycles. The Morgan fingerprint density at radius 2 is 1.53 bits per heavy atom. The Bertz CT molecular complexity index is 480. The van der Waals surface area contributed by atoms with Crippen molar-refractivity contribution < 1.29 is 0 Å². The Morgan fingerprint density at radius 1 is 0.824 bits per heavy atom. The molecule has 0 atom stereocenters. The van der Waals surface area contributed by atoms with Gasteiger partial charge >= 0.3 is 0 Å². The lowest BCUT2D eigenvalue weighted by Gasteiger charge is -2.06. The third-order valence-corrected chi connectivity index (χ3v) is 2.88. The van der Waals surface area contributed by atoms with Crippen LogP contribution in [0.3, 0.4) is 0 Å². The van der Waals surface area contributed by atoms with E-state index in [1.165, 1.54) is 16.7 Å². The van der Waals surface area contributed by atoms with Gasteiger partial charge in [0, 0.05) is 0 Å². The second-order valence-electron chi connectivity index (χ2n) is 4.09. The molecule has 0 saturated heterocycles. The van der Waals surface area contributed by atoms with Gasteiger partial charge < -0.3 is 0 Å². The van der Waals surface area contributed by atoms with E-state index in [9.17, 15) is 0 Å². The SMILES string of the molecule is [CH2]/C=C/c1ccccc1CCc1ccccc1. The van der Waals surface area contributed by atoms with Gasteiger partial charge in [-0.25, -0.2) is 0 Å². The third kappa shape index (κ3) is 3.32. The maximum absolute atomic E-state index is 3.76. The van der Waals surface area contributed by atoms with Gasteiger partial charge in [0.15, 0.2) is 0 Å². The van der Waals surface area contributed by atoms with Gasteiger partial charge in [-0.1, -0.05) is 66.7 Å². The summed E-state index contributed by atoms with van der Waals surface area (Å²) in [6.07, 6.45) is 6.08. The van der Waals surface area contributed by atoms with E-state index in [1.807, 2.05) is 6.08 Å². The van der Waals surface area contributed by atoms with E-state index in [4.69, 9.17) is 0 Å². The second kappa shape index (κ2) is 6.05. The molecule has 0 heterocycles. The molecule has 0 aliphatic carbocycles. The average molecular weight is 221 g/mol. The van der Waals surface area contributed by atoms with E-state index in [0.717, 1.165) is 12.8 Å². The van der Waals surface area contributed by atoms with Gasteiger partial charge in [-0.2, -0.15) is 0 Å². The fourth-order valence-electron chi connectivity index (χ4n) is 1.98. The first-order valence-electron chi connectivity index (χ1n) is 5.98. The first-order chi connectivity index (χ1) is 8.40. The Morgan fingerprint density at radius 3 is 2.29 bits per heavy atom. The lowest BCUT2D eigenvalue weighted by atomic mass is 9.99. The summed E-state index contributed by atoms with van der Waals surface area (Å²) >= 11 is 0. The molecule has 85 valence electrons. The van der Waals surface area contributed by atoms with E-state index >= 15 is 0 Å². The maximum atomic E-state index is 3.76. The third-order valence-electron chi connectivity index (χ3n) is 2.88. The van der Waals surface area contributed by atoms with Crippen molar-refractivity contribution in [3.05, 3.63) is 84.3 Å². The van der Waals surface area contributed by atoms with Gasteiger partial charge in [0.1, 0.15) is 0 Å². The number of hydrogen-bond donors (Lipinski definition) is 0. The summed E-state index contributed by atoms with van der Waals surface area (Å²) in [5.74, 6) is 0. The molecule has 17 heavy (non-hydrogen) atoms. The molecule has 0 bridgehead atoms. The van der Waals surface area contributed by atoms with E-state index < -0.39 is 0 Å². The zero-order valence-electron chi connectivity index (χ0n) is 9.97. The van der Waals surface area contributed by atoms with Crippen molar-refractivity contribution in [2.45, 2.75) is 12.8 Å². The van der Waals surface area contributed by atoms with Gasteiger partial charge in [0.05, 0.1) is 0 Å². The summed E-state index contributed by atoms with van der Waals surface area (Å²) in [5, 5.41) is 0. The van der Waals surface area contributed by atoms with Crippen LogP contribution < -0.4 is 0 Å². The van der Waals surface area contributed by atoms with E-state index in [2.05, 4.69) is 67.6 Å². The first kappa shape index (κ1) is 11.7. The molecule has 0 N–H and O–H groups in total. The predicted molar refractivity (Wildman–Crippen MR) is 74.7 cm³/mol. The van der Waals surface area contributed by atoms with Crippen LogP contribution in [0.2, 0.25) is 0 Å². The quantitative estimate of drug-likeness (QED) is 0.721. The van der Waals surface area contributed by atoms with Crippen LogP contribution in [0.5, 0.6) is 0 Å². The molecule has 1 radical (unpaired) electrons. The van der Waals surface area contributed by atoms with E-state index in [1.54, 1.807) is 0 Å². The first-order valence-corrected chi connectivity index (χ1v) is 5.98. The van der Waals surface area contributed by atoms with Crippen LogP contribution in [0, 0.1) is 6.92 Å². The molecule has 0 heteroatoms. The van der Waals surface area contributed by atoms with Crippen LogP contribution in [0.1, 0.15) is 16.7 Å².